The van der Waals surface area contributed by atoms with E-state index >= 15 is 0 Å². The Balaban J connectivity index is 2.48. The standard InChI is InChI=1S/C11H12ClNO2/c1-8(14)5-6-11(15)13-10-4-2-3-9(12)7-10/h2-4,7H,5-6H2,1H3,(H,13,15). The maximum Gasteiger partial charge on any atom is 0.224 e. The molecule has 0 radical (unpaired) electrons. The average Bonchev–Trinajstić information content (AvgIpc) is 2.15. The summed E-state index contributed by atoms with van der Waals surface area (Å²) in [5.41, 5.74) is 0.649. The van der Waals surface area contributed by atoms with Gasteiger partial charge in [0.05, 0.1) is 0 Å². The fourth-order valence-electron chi connectivity index (χ4n) is 1.08. The molecule has 1 aromatic rings. The molecule has 1 aromatic carbocycles. The van der Waals surface area contributed by atoms with E-state index in [9.17, 15) is 9.59 Å². The number of carbonyl (C=O) groups excluding carboxylic acids is 2. The number of hydrogen-bond acceptors (Lipinski definition) is 2. The maximum absolute atomic E-state index is 11.3. The fourth-order valence-corrected chi connectivity index (χ4v) is 1.27. The van der Waals surface area contributed by atoms with Crippen LogP contribution in [0.5, 0.6) is 0 Å². The zero-order valence-corrected chi connectivity index (χ0v) is 9.17. The van der Waals surface area contributed by atoms with Gasteiger partial charge in [0.25, 0.3) is 0 Å². The summed E-state index contributed by atoms with van der Waals surface area (Å²) in [5, 5.41) is 3.23. The molecule has 0 saturated heterocycles. The lowest BCUT2D eigenvalue weighted by Gasteiger charge is -2.04. The average molecular weight is 226 g/mol. The second-order valence-corrected chi connectivity index (χ2v) is 3.70. The lowest BCUT2D eigenvalue weighted by Crippen LogP contribution is -2.12. The molecule has 15 heavy (non-hydrogen) atoms. The molecule has 1 amide bonds. The summed E-state index contributed by atoms with van der Waals surface area (Å²) in [6, 6.07) is 6.89. The number of benzene rings is 1. The van der Waals surface area contributed by atoms with Gasteiger partial charge in [-0.3, -0.25) is 4.79 Å². The molecule has 0 aliphatic carbocycles. The molecule has 0 aliphatic heterocycles. The van der Waals surface area contributed by atoms with Gasteiger partial charge >= 0.3 is 0 Å². The molecule has 4 heteroatoms. The van der Waals surface area contributed by atoms with E-state index in [4.69, 9.17) is 11.6 Å². The number of hydrogen-bond donors (Lipinski definition) is 1. The van der Waals surface area contributed by atoms with Gasteiger partial charge in [0.1, 0.15) is 5.78 Å². The summed E-state index contributed by atoms with van der Waals surface area (Å²) in [6.07, 6.45) is 0.480. The van der Waals surface area contributed by atoms with Crippen LogP contribution in [0, 0.1) is 0 Å². The topological polar surface area (TPSA) is 46.2 Å². The lowest BCUT2D eigenvalue weighted by molar-refractivity contribution is -0.121. The predicted octanol–water partition coefficient (Wildman–Crippen LogP) is 2.65. The lowest BCUT2D eigenvalue weighted by atomic mass is 10.2. The van der Waals surface area contributed by atoms with Crippen molar-refractivity contribution in [1.82, 2.24) is 0 Å². The van der Waals surface area contributed by atoms with Crippen LogP contribution >= 0.6 is 11.6 Å². The molecule has 0 heterocycles. The Morgan fingerprint density at radius 1 is 1.33 bits per heavy atom. The van der Waals surface area contributed by atoms with Crippen LogP contribution in [0.3, 0.4) is 0 Å². The first-order valence-corrected chi connectivity index (χ1v) is 5.00. The van der Waals surface area contributed by atoms with Gasteiger partial charge in [-0.2, -0.15) is 0 Å². The molecule has 1 rings (SSSR count). The Labute approximate surface area is 93.4 Å². The Hall–Kier alpha value is -1.35. The van der Waals surface area contributed by atoms with Crippen molar-refractivity contribution < 1.29 is 9.59 Å². The van der Waals surface area contributed by atoms with Crippen LogP contribution in [0.25, 0.3) is 0 Å². The van der Waals surface area contributed by atoms with Crippen molar-refractivity contribution in [2.45, 2.75) is 19.8 Å². The van der Waals surface area contributed by atoms with Crippen LogP contribution < -0.4 is 5.32 Å². The van der Waals surface area contributed by atoms with Crippen molar-refractivity contribution in [3.8, 4) is 0 Å². The van der Waals surface area contributed by atoms with Crippen molar-refractivity contribution in [2.24, 2.45) is 0 Å². The second kappa shape index (κ2) is 5.51. The Bertz CT molecular complexity index is 377. The molecular weight excluding hydrogens is 214 g/mol. The van der Waals surface area contributed by atoms with Gasteiger partial charge in [-0.1, -0.05) is 17.7 Å². The van der Waals surface area contributed by atoms with Crippen molar-refractivity contribution in [3.05, 3.63) is 29.3 Å². The number of halogens is 1. The molecule has 3 nitrogen and oxygen atoms in total. The largest absolute Gasteiger partial charge is 0.326 e. The molecule has 0 unspecified atom stereocenters. The smallest absolute Gasteiger partial charge is 0.224 e. The maximum atomic E-state index is 11.3. The van der Waals surface area contributed by atoms with E-state index < -0.39 is 0 Å². The molecule has 0 spiro atoms. The van der Waals surface area contributed by atoms with Crippen LogP contribution in [-0.4, -0.2) is 11.7 Å². The van der Waals surface area contributed by atoms with E-state index in [0.717, 1.165) is 0 Å². The van der Waals surface area contributed by atoms with Crippen LogP contribution in [0.15, 0.2) is 24.3 Å². The van der Waals surface area contributed by atoms with Gasteiger partial charge in [0, 0.05) is 23.6 Å². The van der Waals surface area contributed by atoms with Crippen molar-refractivity contribution in [3.63, 3.8) is 0 Å². The highest BCUT2D eigenvalue weighted by atomic mass is 35.5. The first kappa shape index (κ1) is 11.7. The molecule has 0 atom stereocenters. The molecule has 0 aliphatic rings. The van der Waals surface area contributed by atoms with Crippen molar-refractivity contribution >= 4 is 29.0 Å². The minimum atomic E-state index is -0.174. The van der Waals surface area contributed by atoms with E-state index in [1.165, 1.54) is 6.92 Å². The minimum Gasteiger partial charge on any atom is -0.326 e. The van der Waals surface area contributed by atoms with Gasteiger partial charge < -0.3 is 10.1 Å². The zero-order valence-electron chi connectivity index (χ0n) is 8.42. The normalized spacial score (nSPS) is 9.73. The molecular formula is C11H12ClNO2. The van der Waals surface area contributed by atoms with Gasteiger partial charge in [-0.25, -0.2) is 0 Å². The summed E-state index contributed by atoms with van der Waals surface area (Å²) >= 11 is 5.75. The van der Waals surface area contributed by atoms with E-state index in [0.29, 0.717) is 10.7 Å². The number of ketones is 1. The quantitative estimate of drug-likeness (QED) is 0.856. The molecule has 0 bridgehead atoms. The summed E-state index contributed by atoms with van der Waals surface area (Å²) in [4.78, 5) is 22.0. The molecule has 0 aromatic heterocycles. The van der Waals surface area contributed by atoms with E-state index in [1.54, 1.807) is 24.3 Å². The Morgan fingerprint density at radius 3 is 2.67 bits per heavy atom. The number of Topliss-reactive ketones (excluding diaryl/α,β-unsaturated/α-hetero) is 1. The molecule has 1 N–H and O–H groups in total. The van der Waals surface area contributed by atoms with E-state index in [2.05, 4.69) is 5.32 Å². The summed E-state index contributed by atoms with van der Waals surface area (Å²) in [5.74, 6) is -0.163. The SMILES string of the molecule is CC(=O)CCC(=O)Nc1cccc(Cl)c1. The van der Waals surface area contributed by atoms with Crippen molar-refractivity contribution in [2.75, 3.05) is 5.32 Å². The second-order valence-electron chi connectivity index (χ2n) is 3.26. The third-order valence-electron chi connectivity index (χ3n) is 1.81. The van der Waals surface area contributed by atoms with E-state index in [1.807, 2.05) is 0 Å². The van der Waals surface area contributed by atoms with Crippen LogP contribution in [-0.2, 0) is 9.59 Å². The third-order valence-corrected chi connectivity index (χ3v) is 2.05. The molecule has 80 valence electrons. The molecule has 0 fully saturated rings. The first-order valence-electron chi connectivity index (χ1n) is 4.63. The highest BCUT2D eigenvalue weighted by molar-refractivity contribution is 6.30. The highest BCUT2D eigenvalue weighted by Crippen LogP contribution is 2.15. The number of nitrogens with one attached hydrogen (secondary N) is 1. The van der Waals surface area contributed by atoms with Gasteiger partial charge in [-0.05, 0) is 25.1 Å². The third kappa shape index (κ3) is 4.61. The van der Waals surface area contributed by atoms with Crippen LogP contribution in [0.2, 0.25) is 5.02 Å². The Kier molecular flexibility index (Phi) is 4.31. The van der Waals surface area contributed by atoms with Gasteiger partial charge in [-0.15, -0.1) is 0 Å². The predicted molar refractivity (Wildman–Crippen MR) is 60.0 cm³/mol. The zero-order chi connectivity index (χ0) is 11.3. The van der Waals surface area contributed by atoms with Crippen LogP contribution in [0.1, 0.15) is 19.8 Å². The summed E-state index contributed by atoms with van der Waals surface area (Å²) in [6.45, 7) is 1.46. The minimum absolute atomic E-state index is 0.0104. The first-order chi connectivity index (χ1) is 7.08. The van der Waals surface area contributed by atoms with Crippen molar-refractivity contribution in [1.29, 1.82) is 0 Å². The Morgan fingerprint density at radius 2 is 2.07 bits per heavy atom. The number of anilines is 1. The monoisotopic (exact) mass is 225 g/mol. The van der Waals surface area contributed by atoms with Crippen LogP contribution in [0.4, 0.5) is 5.69 Å². The summed E-state index contributed by atoms with van der Waals surface area (Å²) < 4.78 is 0. The van der Waals surface area contributed by atoms with E-state index in [-0.39, 0.29) is 24.5 Å². The van der Waals surface area contributed by atoms with Gasteiger partial charge in [0.2, 0.25) is 5.91 Å². The highest BCUT2D eigenvalue weighted by Gasteiger charge is 2.04. The molecule has 0 saturated carbocycles. The number of amides is 1. The number of rotatable bonds is 4. The van der Waals surface area contributed by atoms with Gasteiger partial charge in [0.15, 0.2) is 0 Å². The fraction of sp³-hybridized carbons (Fsp3) is 0.273. The number of carbonyl (C=O) groups is 2. The summed E-state index contributed by atoms with van der Waals surface area (Å²) in [7, 11) is 0.